The van der Waals surface area contributed by atoms with Crippen LogP contribution in [0.4, 0.5) is 5.69 Å². The third-order valence-corrected chi connectivity index (χ3v) is 3.92. The lowest BCUT2D eigenvalue weighted by Crippen LogP contribution is -2.46. The Balaban J connectivity index is 1.81. The van der Waals surface area contributed by atoms with Crippen LogP contribution in [-0.2, 0) is 4.79 Å². The summed E-state index contributed by atoms with van der Waals surface area (Å²) in [5.41, 5.74) is 1.51. The second-order valence-corrected chi connectivity index (χ2v) is 5.63. The minimum atomic E-state index is -0.376. The molecule has 0 radical (unpaired) electrons. The lowest BCUT2D eigenvalue weighted by molar-refractivity contribution is -0.125. The van der Waals surface area contributed by atoms with Gasteiger partial charge in [-0.25, -0.2) is 4.79 Å². The molecular weight excluding hydrogens is 256 g/mol. The number of imidazole rings is 1. The molecule has 0 aliphatic carbocycles. The summed E-state index contributed by atoms with van der Waals surface area (Å²) in [6.45, 7) is 3.65. The minimum Gasteiger partial charge on any atom is -0.325 e. The molecule has 1 unspecified atom stereocenters. The molecule has 1 aliphatic heterocycles. The van der Waals surface area contributed by atoms with Gasteiger partial charge in [-0.15, -0.1) is 0 Å². The molecule has 1 fully saturated rings. The van der Waals surface area contributed by atoms with Gasteiger partial charge >= 0.3 is 5.69 Å². The Morgan fingerprint density at radius 3 is 2.85 bits per heavy atom. The summed E-state index contributed by atoms with van der Waals surface area (Å²) in [5, 5.41) is 6.20. The van der Waals surface area contributed by atoms with Crippen LogP contribution in [0, 0.1) is 5.41 Å². The van der Waals surface area contributed by atoms with E-state index in [2.05, 4.69) is 20.6 Å². The number of carbonyl (C=O) groups excluding carboxylic acids is 1. The molecule has 1 aromatic heterocycles. The van der Waals surface area contributed by atoms with Crippen LogP contribution in [0.25, 0.3) is 11.0 Å². The number of nitrogens with one attached hydrogen (secondary N) is 4. The first kappa shape index (κ1) is 12.9. The molecule has 1 aliphatic rings. The third kappa shape index (κ3) is 2.34. The number of hydrogen-bond donors (Lipinski definition) is 4. The highest BCUT2D eigenvalue weighted by Crippen LogP contribution is 2.27. The van der Waals surface area contributed by atoms with E-state index < -0.39 is 0 Å². The summed E-state index contributed by atoms with van der Waals surface area (Å²) in [4.78, 5) is 29.0. The predicted octanol–water partition coefficient (Wildman–Crippen LogP) is 1.18. The van der Waals surface area contributed by atoms with Crippen molar-refractivity contribution in [2.75, 3.05) is 18.4 Å². The number of H-pyrrole nitrogens is 2. The number of rotatable bonds is 2. The second kappa shape index (κ2) is 4.79. The molecule has 1 atom stereocenters. The number of aromatic amines is 2. The van der Waals surface area contributed by atoms with Gasteiger partial charge < -0.3 is 20.6 Å². The van der Waals surface area contributed by atoms with Gasteiger partial charge in [-0.3, -0.25) is 4.79 Å². The Morgan fingerprint density at radius 2 is 2.10 bits per heavy atom. The van der Waals surface area contributed by atoms with Gasteiger partial charge in [0.25, 0.3) is 0 Å². The molecule has 1 aromatic carbocycles. The van der Waals surface area contributed by atoms with E-state index in [1.807, 2.05) is 6.92 Å². The summed E-state index contributed by atoms with van der Waals surface area (Å²) in [7, 11) is 0. The van der Waals surface area contributed by atoms with Crippen LogP contribution in [0.1, 0.15) is 19.8 Å². The zero-order chi connectivity index (χ0) is 14.2. The summed E-state index contributed by atoms with van der Waals surface area (Å²) in [5.74, 6) is 0.0157. The van der Waals surface area contributed by atoms with Crippen molar-refractivity contribution in [2.45, 2.75) is 19.8 Å². The zero-order valence-corrected chi connectivity index (χ0v) is 11.4. The molecule has 3 rings (SSSR count). The van der Waals surface area contributed by atoms with Crippen molar-refractivity contribution in [3.63, 3.8) is 0 Å². The molecule has 2 aromatic rings. The third-order valence-electron chi connectivity index (χ3n) is 3.92. The van der Waals surface area contributed by atoms with Crippen LogP contribution in [0.15, 0.2) is 23.0 Å². The van der Waals surface area contributed by atoms with Crippen molar-refractivity contribution < 1.29 is 4.79 Å². The molecule has 0 saturated carbocycles. The van der Waals surface area contributed by atoms with Gasteiger partial charge in [0.05, 0.1) is 16.4 Å². The quantitative estimate of drug-likeness (QED) is 0.663. The molecular formula is C14H18N4O2. The lowest BCUT2D eigenvalue weighted by atomic mass is 9.82. The molecule has 1 saturated heterocycles. The van der Waals surface area contributed by atoms with E-state index >= 15 is 0 Å². The largest absolute Gasteiger partial charge is 0.325 e. The van der Waals surface area contributed by atoms with Gasteiger partial charge in [0.1, 0.15) is 0 Å². The minimum absolute atomic E-state index is 0.0157. The topological polar surface area (TPSA) is 89.8 Å². The van der Waals surface area contributed by atoms with Crippen molar-refractivity contribution in [1.82, 2.24) is 15.3 Å². The number of carbonyl (C=O) groups is 1. The Labute approximate surface area is 116 Å². The van der Waals surface area contributed by atoms with Crippen molar-refractivity contribution >= 4 is 22.6 Å². The SMILES string of the molecule is CC1(C(=O)Nc2ccc3[nH]c(=O)[nH]c3c2)CCCNC1. The van der Waals surface area contributed by atoms with E-state index in [4.69, 9.17) is 0 Å². The van der Waals surface area contributed by atoms with Crippen molar-refractivity contribution in [2.24, 2.45) is 5.41 Å². The van der Waals surface area contributed by atoms with Crippen LogP contribution in [0.3, 0.4) is 0 Å². The molecule has 1 amide bonds. The van der Waals surface area contributed by atoms with Crippen LogP contribution in [0.2, 0.25) is 0 Å². The van der Waals surface area contributed by atoms with E-state index in [0.717, 1.165) is 24.9 Å². The Hall–Kier alpha value is -2.08. The van der Waals surface area contributed by atoms with E-state index in [0.29, 0.717) is 17.7 Å². The van der Waals surface area contributed by atoms with Crippen LogP contribution in [-0.4, -0.2) is 29.0 Å². The lowest BCUT2D eigenvalue weighted by Gasteiger charge is -2.32. The number of fused-ring (bicyclic) bond motifs is 1. The van der Waals surface area contributed by atoms with Gasteiger partial charge in [-0.05, 0) is 44.5 Å². The van der Waals surface area contributed by atoms with Crippen LogP contribution in [0.5, 0.6) is 0 Å². The maximum atomic E-state index is 12.4. The highest BCUT2D eigenvalue weighted by Gasteiger charge is 2.34. The molecule has 20 heavy (non-hydrogen) atoms. The number of anilines is 1. The van der Waals surface area contributed by atoms with Gasteiger partial charge in [-0.2, -0.15) is 0 Å². The molecule has 4 N–H and O–H groups in total. The van der Waals surface area contributed by atoms with E-state index in [1.54, 1.807) is 18.2 Å². The standard InChI is InChI=1S/C14H18N4O2/c1-14(5-2-6-15-8-14)12(19)16-9-3-4-10-11(7-9)18-13(20)17-10/h3-4,7,15H,2,5-6,8H2,1H3,(H,16,19)(H2,17,18,20). The average molecular weight is 274 g/mol. The second-order valence-electron chi connectivity index (χ2n) is 5.63. The average Bonchev–Trinajstić information content (AvgIpc) is 2.79. The van der Waals surface area contributed by atoms with Gasteiger partial charge in [0, 0.05) is 12.2 Å². The molecule has 106 valence electrons. The number of amides is 1. The monoisotopic (exact) mass is 274 g/mol. The number of benzene rings is 1. The zero-order valence-electron chi connectivity index (χ0n) is 11.4. The maximum absolute atomic E-state index is 12.4. The Morgan fingerprint density at radius 1 is 1.30 bits per heavy atom. The summed E-state index contributed by atoms with van der Waals surface area (Å²) >= 11 is 0. The number of piperidine rings is 1. The highest BCUT2D eigenvalue weighted by molar-refractivity contribution is 5.96. The fourth-order valence-electron chi connectivity index (χ4n) is 2.64. The van der Waals surface area contributed by atoms with Crippen LogP contribution < -0.4 is 16.3 Å². The molecule has 6 heteroatoms. The maximum Gasteiger partial charge on any atom is 0.323 e. The van der Waals surface area contributed by atoms with E-state index in [9.17, 15) is 9.59 Å². The molecule has 0 spiro atoms. The predicted molar refractivity (Wildman–Crippen MR) is 77.8 cm³/mol. The van der Waals surface area contributed by atoms with E-state index in [-0.39, 0.29) is 17.0 Å². The number of hydrogen-bond acceptors (Lipinski definition) is 3. The highest BCUT2D eigenvalue weighted by atomic mass is 16.2. The number of aromatic nitrogens is 2. The van der Waals surface area contributed by atoms with Crippen molar-refractivity contribution in [3.8, 4) is 0 Å². The summed E-state index contributed by atoms with van der Waals surface area (Å²) < 4.78 is 0. The first-order chi connectivity index (χ1) is 9.57. The Bertz CT molecular complexity index is 695. The van der Waals surface area contributed by atoms with Crippen molar-refractivity contribution in [3.05, 3.63) is 28.7 Å². The van der Waals surface area contributed by atoms with Gasteiger partial charge in [0.2, 0.25) is 5.91 Å². The fraction of sp³-hybridized carbons (Fsp3) is 0.429. The molecule has 6 nitrogen and oxygen atoms in total. The first-order valence-electron chi connectivity index (χ1n) is 6.81. The smallest absolute Gasteiger partial charge is 0.323 e. The van der Waals surface area contributed by atoms with Crippen molar-refractivity contribution in [1.29, 1.82) is 0 Å². The summed E-state index contributed by atoms with van der Waals surface area (Å²) in [6.07, 6.45) is 1.89. The normalized spacial score (nSPS) is 22.9. The molecule has 2 heterocycles. The Kier molecular flexibility index (Phi) is 3.10. The van der Waals surface area contributed by atoms with Crippen LogP contribution >= 0.6 is 0 Å². The fourth-order valence-corrected chi connectivity index (χ4v) is 2.64. The summed E-state index contributed by atoms with van der Waals surface area (Å²) in [6, 6.07) is 5.35. The van der Waals surface area contributed by atoms with Gasteiger partial charge in [-0.1, -0.05) is 0 Å². The first-order valence-corrected chi connectivity index (χ1v) is 6.81. The van der Waals surface area contributed by atoms with E-state index in [1.165, 1.54) is 0 Å². The molecule has 0 bridgehead atoms. The van der Waals surface area contributed by atoms with Gasteiger partial charge in [0.15, 0.2) is 0 Å².